The summed E-state index contributed by atoms with van der Waals surface area (Å²) in [5.74, 6) is 0.312. The highest BCUT2D eigenvalue weighted by Gasteiger charge is 2.27. The smallest absolute Gasteiger partial charge is 0.407 e. The molecule has 2 N–H and O–H groups in total. The fraction of sp³-hybridized carbons (Fsp3) is 0.667. The number of carbonyl (C=O) groups is 1. The van der Waals surface area contributed by atoms with E-state index in [0.29, 0.717) is 22.8 Å². The number of aromatic nitrogens is 1. The summed E-state index contributed by atoms with van der Waals surface area (Å²) in [6, 6.07) is 2.02. The highest BCUT2D eigenvalue weighted by Crippen LogP contribution is 2.32. The van der Waals surface area contributed by atoms with Crippen molar-refractivity contribution in [1.29, 1.82) is 0 Å². The normalized spacial score (nSPS) is 20.9. The van der Waals surface area contributed by atoms with E-state index in [4.69, 9.17) is 27.9 Å². The third-order valence-electron chi connectivity index (χ3n) is 4.29. The summed E-state index contributed by atoms with van der Waals surface area (Å²) in [4.78, 5) is 16.0. The first-order valence-corrected chi connectivity index (χ1v) is 9.47. The van der Waals surface area contributed by atoms with Gasteiger partial charge in [-0.25, -0.2) is 9.78 Å². The van der Waals surface area contributed by atoms with Crippen LogP contribution in [-0.4, -0.2) is 29.3 Å². The van der Waals surface area contributed by atoms with E-state index in [1.807, 2.05) is 27.7 Å². The lowest BCUT2D eigenvalue weighted by Crippen LogP contribution is -2.42. The molecule has 1 amide bonds. The lowest BCUT2D eigenvalue weighted by Gasteiger charge is -2.33. The van der Waals surface area contributed by atoms with Crippen molar-refractivity contribution in [3.05, 3.63) is 21.9 Å². The van der Waals surface area contributed by atoms with E-state index in [9.17, 15) is 4.79 Å². The molecule has 5 nitrogen and oxygen atoms in total. The van der Waals surface area contributed by atoms with Gasteiger partial charge in [0.15, 0.2) is 5.15 Å². The molecule has 0 aromatic carbocycles. The van der Waals surface area contributed by atoms with Crippen LogP contribution in [0, 0.1) is 12.8 Å². The quantitative estimate of drug-likeness (QED) is 0.697. The maximum absolute atomic E-state index is 11.9. The van der Waals surface area contributed by atoms with Crippen molar-refractivity contribution in [2.45, 2.75) is 65.0 Å². The molecule has 1 aromatic heterocycles. The summed E-state index contributed by atoms with van der Waals surface area (Å²) in [6.07, 6.45) is 4.01. The number of pyridine rings is 1. The summed E-state index contributed by atoms with van der Waals surface area (Å²) in [6.45, 7) is 8.10. The summed E-state index contributed by atoms with van der Waals surface area (Å²) >= 11 is 12.2. The van der Waals surface area contributed by atoms with Crippen LogP contribution in [0.5, 0.6) is 0 Å². The second-order valence-electron chi connectivity index (χ2n) is 7.61. The molecule has 1 aliphatic carbocycles. The van der Waals surface area contributed by atoms with Crippen LogP contribution in [-0.2, 0) is 4.74 Å². The SMILES string of the molecule is Cc1cc(Cl)nc(Cl)c1NC1CCCCC1CNC(=O)OC(C)(C)C. The molecular formula is C18H27Cl2N3O2. The summed E-state index contributed by atoms with van der Waals surface area (Å²) in [5, 5.41) is 7.19. The Labute approximate surface area is 159 Å². The molecule has 0 bridgehead atoms. The zero-order chi connectivity index (χ0) is 18.6. The molecule has 0 saturated heterocycles. The number of nitrogens with one attached hydrogen (secondary N) is 2. The van der Waals surface area contributed by atoms with Crippen molar-refractivity contribution in [1.82, 2.24) is 10.3 Å². The van der Waals surface area contributed by atoms with Crippen LogP contribution in [0.4, 0.5) is 10.5 Å². The molecule has 7 heteroatoms. The lowest BCUT2D eigenvalue weighted by atomic mass is 9.84. The van der Waals surface area contributed by atoms with Gasteiger partial charge < -0.3 is 15.4 Å². The van der Waals surface area contributed by atoms with Crippen LogP contribution in [0.25, 0.3) is 0 Å². The lowest BCUT2D eigenvalue weighted by molar-refractivity contribution is 0.0514. The van der Waals surface area contributed by atoms with Gasteiger partial charge in [-0.3, -0.25) is 0 Å². The average Bonchev–Trinajstić information content (AvgIpc) is 2.48. The third kappa shape index (κ3) is 6.23. The maximum Gasteiger partial charge on any atom is 0.407 e. The minimum absolute atomic E-state index is 0.225. The van der Waals surface area contributed by atoms with Crippen molar-refractivity contribution in [3.8, 4) is 0 Å². The molecule has 1 aromatic rings. The van der Waals surface area contributed by atoms with E-state index in [1.165, 1.54) is 0 Å². The van der Waals surface area contributed by atoms with Crippen molar-refractivity contribution in [3.63, 3.8) is 0 Å². The van der Waals surface area contributed by atoms with E-state index in [2.05, 4.69) is 15.6 Å². The van der Waals surface area contributed by atoms with Crippen LogP contribution in [0.15, 0.2) is 6.07 Å². The maximum atomic E-state index is 11.9. The van der Waals surface area contributed by atoms with Gasteiger partial charge in [0.05, 0.1) is 5.69 Å². The average molecular weight is 388 g/mol. The first-order valence-electron chi connectivity index (χ1n) is 8.72. The Hall–Kier alpha value is -1.20. The van der Waals surface area contributed by atoms with Crippen molar-refractivity contribution in [2.75, 3.05) is 11.9 Å². The van der Waals surface area contributed by atoms with Crippen LogP contribution < -0.4 is 10.6 Å². The summed E-state index contributed by atoms with van der Waals surface area (Å²) in [7, 11) is 0. The van der Waals surface area contributed by atoms with Crippen LogP contribution >= 0.6 is 23.2 Å². The van der Waals surface area contributed by atoms with Crippen molar-refractivity contribution < 1.29 is 9.53 Å². The van der Waals surface area contributed by atoms with E-state index < -0.39 is 5.60 Å². The van der Waals surface area contributed by atoms with Crippen molar-refractivity contribution >= 4 is 35.0 Å². The molecule has 2 rings (SSSR count). The first kappa shape index (κ1) is 20.1. The van der Waals surface area contributed by atoms with Gasteiger partial charge in [-0.05, 0) is 58.1 Å². The second kappa shape index (κ2) is 8.45. The standard InChI is InChI=1S/C18H27Cl2N3O2/c1-11-9-14(19)23-16(20)15(11)22-13-8-6-5-7-12(13)10-21-17(24)25-18(2,3)4/h9,12-13,22H,5-8,10H2,1-4H3,(H,21,24). The summed E-state index contributed by atoms with van der Waals surface area (Å²) in [5.41, 5.74) is 1.29. The number of amides is 1. The van der Waals surface area contributed by atoms with Gasteiger partial charge in [-0.2, -0.15) is 0 Å². The molecule has 2 unspecified atom stereocenters. The van der Waals surface area contributed by atoms with E-state index in [0.717, 1.165) is 36.9 Å². The van der Waals surface area contributed by atoms with Crippen LogP contribution in [0.2, 0.25) is 10.3 Å². The number of halogens is 2. The van der Waals surface area contributed by atoms with Gasteiger partial charge in [0.25, 0.3) is 0 Å². The Morgan fingerprint density at radius 1 is 1.32 bits per heavy atom. The molecule has 2 atom stereocenters. The highest BCUT2D eigenvalue weighted by atomic mass is 35.5. The predicted molar refractivity (Wildman–Crippen MR) is 103 cm³/mol. The van der Waals surface area contributed by atoms with Crippen molar-refractivity contribution in [2.24, 2.45) is 5.92 Å². The third-order valence-corrected chi connectivity index (χ3v) is 4.75. The number of anilines is 1. The van der Waals surface area contributed by atoms with Gasteiger partial charge in [-0.15, -0.1) is 0 Å². The molecular weight excluding hydrogens is 361 g/mol. The zero-order valence-electron chi connectivity index (χ0n) is 15.3. The van der Waals surface area contributed by atoms with E-state index >= 15 is 0 Å². The number of carbonyl (C=O) groups excluding carboxylic acids is 1. The Bertz CT molecular complexity index is 594. The molecule has 0 aliphatic heterocycles. The van der Waals surface area contributed by atoms with Gasteiger partial charge in [-0.1, -0.05) is 36.0 Å². The van der Waals surface area contributed by atoms with Gasteiger partial charge in [0, 0.05) is 12.6 Å². The number of rotatable bonds is 4. The monoisotopic (exact) mass is 387 g/mol. The number of nitrogens with zero attached hydrogens (tertiary/aromatic N) is 1. The molecule has 1 saturated carbocycles. The van der Waals surface area contributed by atoms with Gasteiger partial charge in [0.2, 0.25) is 0 Å². The zero-order valence-corrected chi connectivity index (χ0v) is 16.8. The number of ether oxygens (including phenoxy) is 1. The number of aryl methyl sites for hydroxylation is 1. The van der Waals surface area contributed by atoms with Gasteiger partial charge in [0.1, 0.15) is 10.8 Å². The Kier molecular flexibility index (Phi) is 6.80. The molecule has 0 radical (unpaired) electrons. The van der Waals surface area contributed by atoms with Crippen LogP contribution in [0.3, 0.4) is 0 Å². The number of alkyl carbamates (subject to hydrolysis) is 1. The molecule has 0 spiro atoms. The fourth-order valence-electron chi connectivity index (χ4n) is 3.12. The minimum atomic E-state index is -0.492. The molecule has 1 aliphatic rings. The number of hydrogen-bond acceptors (Lipinski definition) is 4. The molecule has 140 valence electrons. The summed E-state index contributed by atoms with van der Waals surface area (Å²) < 4.78 is 5.32. The van der Waals surface area contributed by atoms with E-state index in [1.54, 1.807) is 6.07 Å². The Morgan fingerprint density at radius 3 is 2.64 bits per heavy atom. The van der Waals surface area contributed by atoms with Crippen LogP contribution in [0.1, 0.15) is 52.0 Å². The predicted octanol–water partition coefficient (Wildman–Crippen LogP) is 5.19. The molecule has 1 fully saturated rings. The molecule has 25 heavy (non-hydrogen) atoms. The largest absolute Gasteiger partial charge is 0.444 e. The first-order chi connectivity index (χ1) is 11.7. The highest BCUT2D eigenvalue weighted by molar-refractivity contribution is 6.34. The Morgan fingerprint density at radius 2 is 2.00 bits per heavy atom. The van der Waals surface area contributed by atoms with Gasteiger partial charge >= 0.3 is 6.09 Å². The topological polar surface area (TPSA) is 63.2 Å². The number of hydrogen-bond donors (Lipinski definition) is 2. The Balaban J connectivity index is 2.00. The molecule has 1 heterocycles. The van der Waals surface area contributed by atoms with E-state index in [-0.39, 0.29) is 12.1 Å². The second-order valence-corrected chi connectivity index (χ2v) is 8.35. The fourth-order valence-corrected chi connectivity index (χ4v) is 3.71. The minimum Gasteiger partial charge on any atom is -0.444 e.